The first-order valence-corrected chi connectivity index (χ1v) is 5.49. The maximum Gasteiger partial charge on any atom is 0.126 e. The van der Waals surface area contributed by atoms with Crippen LogP contribution < -0.4 is 0 Å². The second-order valence-electron chi connectivity index (χ2n) is 2.18. The summed E-state index contributed by atoms with van der Waals surface area (Å²) in [4.78, 5) is 5.03. The first kappa shape index (κ1) is 8.75. The van der Waals surface area contributed by atoms with Gasteiger partial charge in [0.15, 0.2) is 0 Å². The monoisotopic (exact) mass is 281 g/mol. The summed E-state index contributed by atoms with van der Waals surface area (Å²) in [5.74, 6) is 0. The predicted molar refractivity (Wildman–Crippen MR) is 57.3 cm³/mol. The average molecular weight is 283 g/mol. The van der Waals surface area contributed by atoms with E-state index >= 15 is 0 Å². The molecule has 2 aromatic rings. The van der Waals surface area contributed by atoms with E-state index in [4.69, 9.17) is 23.2 Å². The fourth-order valence-electron chi connectivity index (χ4n) is 0.913. The second-order valence-corrected chi connectivity index (χ2v) is 4.68. The first-order chi connectivity index (χ1) is 5.70. The molecule has 1 nitrogen and oxygen atoms in total. The summed E-state index contributed by atoms with van der Waals surface area (Å²) in [7, 11) is 0. The lowest BCUT2D eigenvalue weighted by molar-refractivity contribution is 1.44. The van der Waals surface area contributed by atoms with E-state index < -0.39 is 0 Å². The van der Waals surface area contributed by atoms with Crippen LogP contribution in [0.5, 0.6) is 0 Å². The molecule has 0 saturated carbocycles. The van der Waals surface area contributed by atoms with Gasteiger partial charge in [-0.3, -0.25) is 0 Å². The Balaban J connectivity index is 2.96. The molecule has 0 fully saturated rings. The van der Waals surface area contributed by atoms with E-state index in [2.05, 4.69) is 20.9 Å². The topological polar surface area (TPSA) is 12.9 Å². The molecule has 2 heterocycles. The number of thiophene rings is 1. The van der Waals surface area contributed by atoms with Gasteiger partial charge < -0.3 is 0 Å². The van der Waals surface area contributed by atoms with Gasteiger partial charge in [0.05, 0.1) is 10.0 Å². The number of fused-ring (bicyclic) bond motifs is 1. The molecule has 0 spiro atoms. The molecule has 62 valence electrons. The van der Waals surface area contributed by atoms with E-state index in [0.29, 0.717) is 10.0 Å². The Morgan fingerprint density at radius 3 is 2.92 bits per heavy atom. The Morgan fingerprint density at radius 1 is 1.42 bits per heavy atom. The van der Waals surface area contributed by atoms with Gasteiger partial charge in [-0.25, -0.2) is 4.98 Å². The number of halogens is 3. The third-order valence-electron chi connectivity index (χ3n) is 1.45. The molecule has 0 N–H and O–H groups in total. The second kappa shape index (κ2) is 3.14. The van der Waals surface area contributed by atoms with Crippen LogP contribution in [0.3, 0.4) is 0 Å². The SMILES string of the molecule is Clc1cnc2scc(Br)c2c1Cl. The summed E-state index contributed by atoms with van der Waals surface area (Å²) in [6.07, 6.45) is 1.56. The zero-order valence-corrected chi connectivity index (χ0v) is 9.56. The van der Waals surface area contributed by atoms with Crippen LogP contribution in [0, 0.1) is 0 Å². The van der Waals surface area contributed by atoms with E-state index in [0.717, 1.165) is 14.7 Å². The highest BCUT2D eigenvalue weighted by Gasteiger charge is 2.09. The number of rotatable bonds is 0. The number of nitrogens with zero attached hydrogens (tertiary/aromatic N) is 1. The molecule has 0 aromatic carbocycles. The van der Waals surface area contributed by atoms with Crippen molar-refractivity contribution in [1.29, 1.82) is 0 Å². The predicted octanol–water partition coefficient (Wildman–Crippen LogP) is 4.37. The standard InChI is InChI=1S/C7H2BrCl2NS/c8-3-2-12-7-5(3)6(10)4(9)1-11-7/h1-2H. The highest BCUT2D eigenvalue weighted by atomic mass is 79.9. The van der Waals surface area contributed by atoms with Crippen molar-refractivity contribution in [3.05, 3.63) is 26.1 Å². The van der Waals surface area contributed by atoms with Crippen molar-refractivity contribution in [3.63, 3.8) is 0 Å². The number of hydrogen-bond donors (Lipinski definition) is 0. The van der Waals surface area contributed by atoms with Gasteiger partial charge in [-0.1, -0.05) is 23.2 Å². The van der Waals surface area contributed by atoms with E-state index in [9.17, 15) is 0 Å². The molecule has 0 aliphatic rings. The third kappa shape index (κ3) is 1.25. The van der Waals surface area contributed by atoms with Crippen molar-refractivity contribution < 1.29 is 0 Å². The van der Waals surface area contributed by atoms with Gasteiger partial charge in [0.2, 0.25) is 0 Å². The molecule has 0 amide bonds. The minimum atomic E-state index is 0.489. The van der Waals surface area contributed by atoms with Gasteiger partial charge in [-0.2, -0.15) is 0 Å². The summed E-state index contributed by atoms with van der Waals surface area (Å²) in [6.45, 7) is 0. The largest absolute Gasteiger partial charge is 0.244 e. The van der Waals surface area contributed by atoms with Gasteiger partial charge in [0, 0.05) is 21.4 Å². The molecule has 0 saturated heterocycles. The molecule has 12 heavy (non-hydrogen) atoms. The molecule has 0 unspecified atom stereocenters. The molecular weight excluding hydrogens is 281 g/mol. The summed E-state index contributed by atoms with van der Waals surface area (Å²) >= 11 is 16.7. The van der Waals surface area contributed by atoms with Gasteiger partial charge in [0.25, 0.3) is 0 Å². The summed E-state index contributed by atoms with van der Waals surface area (Å²) in [5, 5.41) is 3.90. The molecule has 2 rings (SSSR count). The quantitative estimate of drug-likeness (QED) is 0.699. The minimum Gasteiger partial charge on any atom is -0.244 e. The first-order valence-electron chi connectivity index (χ1n) is 3.07. The van der Waals surface area contributed by atoms with Crippen LogP contribution in [-0.2, 0) is 0 Å². The van der Waals surface area contributed by atoms with Crippen molar-refractivity contribution in [2.24, 2.45) is 0 Å². The third-order valence-corrected chi connectivity index (χ3v) is 4.04. The van der Waals surface area contributed by atoms with Crippen LogP contribution in [0.4, 0.5) is 0 Å². The summed E-state index contributed by atoms with van der Waals surface area (Å²) in [6, 6.07) is 0. The fraction of sp³-hybridized carbons (Fsp3) is 0. The van der Waals surface area contributed by atoms with Crippen LogP contribution in [0.15, 0.2) is 16.0 Å². The van der Waals surface area contributed by atoms with Crippen molar-refractivity contribution in [2.45, 2.75) is 0 Å². The fourth-order valence-corrected chi connectivity index (χ4v) is 3.04. The summed E-state index contributed by atoms with van der Waals surface area (Å²) < 4.78 is 0.947. The Labute approximate surface area is 91.4 Å². The van der Waals surface area contributed by atoms with Crippen molar-refractivity contribution >= 4 is 60.7 Å². The van der Waals surface area contributed by atoms with Crippen LogP contribution >= 0.6 is 50.5 Å². The van der Waals surface area contributed by atoms with Crippen molar-refractivity contribution in [1.82, 2.24) is 4.98 Å². The van der Waals surface area contributed by atoms with E-state index in [1.54, 1.807) is 6.20 Å². The van der Waals surface area contributed by atoms with Crippen LogP contribution in [0.2, 0.25) is 10.0 Å². The maximum atomic E-state index is 5.98. The maximum absolute atomic E-state index is 5.98. The lowest BCUT2D eigenvalue weighted by Gasteiger charge is -1.96. The Hall–Kier alpha value is 0.170. The number of pyridine rings is 1. The minimum absolute atomic E-state index is 0.489. The number of hydrogen-bond acceptors (Lipinski definition) is 2. The Bertz CT molecular complexity index is 440. The molecule has 5 heteroatoms. The molecule has 0 aliphatic carbocycles. The average Bonchev–Trinajstić information content (AvgIpc) is 2.41. The summed E-state index contributed by atoms with van der Waals surface area (Å²) in [5.41, 5.74) is 0. The van der Waals surface area contributed by atoms with E-state index in [1.165, 1.54) is 11.3 Å². The lowest BCUT2D eigenvalue weighted by Crippen LogP contribution is -1.75. The zero-order chi connectivity index (χ0) is 8.72. The van der Waals surface area contributed by atoms with Gasteiger partial charge in [0.1, 0.15) is 4.83 Å². The smallest absolute Gasteiger partial charge is 0.126 e. The van der Waals surface area contributed by atoms with E-state index in [1.807, 2.05) is 5.38 Å². The number of aromatic nitrogens is 1. The molecule has 0 bridgehead atoms. The molecule has 2 aromatic heterocycles. The van der Waals surface area contributed by atoms with Crippen LogP contribution in [-0.4, -0.2) is 4.98 Å². The van der Waals surface area contributed by atoms with Crippen LogP contribution in [0.1, 0.15) is 0 Å². The lowest BCUT2D eigenvalue weighted by atomic mass is 10.3. The molecule has 0 atom stereocenters. The van der Waals surface area contributed by atoms with E-state index in [-0.39, 0.29) is 0 Å². The Morgan fingerprint density at radius 2 is 2.17 bits per heavy atom. The van der Waals surface area contributed by atoms with Crippen LogP contribution in [0.25, 0.3) is 10.2 Å². The highest BCUT2D eigenvalue weighted by molar-refractivity contribution is 9.10. The molecule has 0 radical (unpaired) electrons. The highest BCUT2D eigenvalue weighted by Crippen LogP contribution is 2.37. The Kier molecular flexibility index (Phi) is 2.29. The van der Waals surface area contributed by atoms with Gasteiger partial charge >= 0.3 is 0 Å². The normalized spacial score (nSPS) is 10.9. The van der Waals surface area contributed by atoms with Crippen molar-refractivity contribution in [2.75, 3.05) is 0 Å². The van der Waals surface area contributed by atoms with Gasteiger partial charge in [-0.15, -0.1) is 11.3 Å². The molecule has 0 aliphatic heterocycles. The van der Waals surface area contributed by atoms with Crippen molar-refractivity contribution in [3.8, 4) is 0 Å². The molecular formula is C7H2BrCl2NS. The zero-order valence-electron chi connectivity index (χ0n) is 5.64. The van der Waals surface area contributed by atoms with Gasteiger partial charge in [-0.05, 0) is 15.9 Å².